The highest BCUT2D eigenvalue weighted by molar-refractivity contribution is 5.94. The minimum absolute atomic E-state index is 0.00217. The third kappa shape index (κ3) is 11.6. The summed E-state index contributed by atoms with van der Waals surface area (Å²) in [7, 11) is 0. The summed E-state index contributed by atoms with van der Waals surface area (Å²) in [6.45, 7) is 3.43. The molecule has 256 valence electrons. The Bertz CT molecular complexity index is 1590. The highest BCUT2D eigenvalue weighted by atomic mass is 19.4. The number of alkyl carbamates (subject to hydrolysis) is 1. The molecule has 0 aromatic heterocycles. The molecule has 3 atom stereocenters. The molecule has 48 heavy (non-hydrogen) atoms. The van der Waals surface area contributed by atoms with Gasteiger partial charge >= 0.3 is 12.3 Å². The Morgan fingerprint density at radius 1 is 0.854 bits per heavy atom. The fraction of sp³-hybridized carbons (Fsp3) is 0.371. The van der Waals surface area contributed by atoms with Crippen LogP contribution in [0, 0.1) is 0 Å². The normalized spacial score (nSPS) is 18.8. The second kappa shape index (κ2) is 15.7. The summed E-state index contributed by atoms with van der Waals surface area (Å²) in [5, 5.41) is 9.70. The molecule has 3 aromatic rings. The van der Waals surface area contributed by atoms with Crippen molar-refractivity contribution >= 4 is 23.8 Å². The van der Waals surface area contributed by atoms with E-state index in [0.29, 0.717) is 29.0 Å². The second-order valence-electron chi connectivity index (χ2n) is 12.5. The van der Waals surface area contributed by atoms with Crippen LogP contribution >= 0.6 is 0 Å². The Morgan fingerprint density at radius 2 is 1.48 bits per heavy atom. The van der Waals surface area contributed by atoms with Crippen molar-refractivity contribution in [2.24, 2.45) is 0 Å². The van der Waals surface area contributed by atoms with E-state index < -0.39 is 60.3 Å². The molecule has 1 aliphatic rings. The third-order valence-corrected chi connectivity index (χ3v) is 7.21. The Hall–Kier alpha value is -5.07. The molecular formula is C35H39F3N4O6. The van der Waals surface area contributed by atoms with Crippen LogP contribution in [0.4, 0.5) is 18.0 Å². The smallest absolute Gasteiger partial charge is 0.408 e. The van der Waals surface area contributed by atoms with Crippen LogP contribution in [0.2, 0.25) is 0 Å². The molecule has 0 aliphatic carbocycles. The van der Waals surface area contributed by atoms with Crippen LogP contribution in [0.5, 0.6) is 11.5 Å². The molecule has 1 aliphatic heterocycles. The van der Waals surface area contributed by atoms with Gasteiger partial charge in [-0.1, -0.05) is 54.6 Å². The van der Waals surface area contributed by atoms with Crippen molar-refractivity contribution in [2.75, 3.05) is 6.54 Å². The number of hydrogen-bond acceptors (Lipinski definition) is 6. The fourth-order valence-corrected chi connectivity index (χ4v) is 5.03. The number of fused-ring (bicyclic) bond motifs is 4. The molecule has 0 fully saturated rings. The van der Waals surface area contributed by atoms with E-state index >= 15 is 0 Å². The Kier molecular flexibility index (Phi) is 11.7. The van der Waals surface area contributed by atoms with Crippen molar-refractivity contribution in [3.8, 4) is 11.5 Å². The molecule has 4 rings (SSSR count). The van der Waals surface area contributed by atoms with Gasteiger partial charge in [0.25, 0.3) is 0 Å². The van der Waals surface area contributed by atoms with E-state index in [1.165, 1.54) is 0 Å². The summed E-state index contributed by atoms with van der Waals surface area (Å²) in [6, 6.07) is 18.8. The van der Waals surface area contributed by atoms with Crippen LogP contribution in [-0.2, 0) is 38.4 Å². The lowest BCUT2D eigenvalue weighted by Gasteiger charge is -2.27. The van der Waals surface area contributed by atoms with Gasteiger partial charge < -0.3 is 30.7 Å². The number of alkyl halides is 3. The summed E-state index contributed by atoms with van der Waals surface area (Å²) in [5.41, 5.74) is 1.15. The number of nitrogens with one attached hydrogen (secondary N) is 4. The lowest BCUT2D eigenvalue weighted by Crippen LogP contribution is -2.58. The van der Waals surface area contributed by atoms with E-state index in [1.54, 1.807) is 69.3 Å². The number of carbonyl (C=O) groups excluding carboxylic acids is 4. The molecule has 13 heteroatoms. The standard InChI is InChI=1S/C35H39F3N4O6/c1-34(2,3)48-33(46)42-29-20-24-12-8-14-26(18-24)47-25-13-7-11-23(17-25)19-28(30(43)39-21-35(36,37)38)41-31(44)27(40-32(29)45)16-15-22-9-5-4-6-10-22/h4-14,17-18,27-29H,15-16,19-21H2,1-3H3,(H,39,43)(H,40,45)(H,41,44)(H,42,46)/t27-,28?,29-/m0/s1. The summed E-state index contributed by atoms with van der Waals surface area (Å²) < 4.78 is 50.5. The maximum atomic E-state index is 13.8. The van der Waals surface area contributed by atoms with Gasteiger partial charge in [-0.3, -0.25) is 14.4 Å². The average molecular weight is 669 g/mol. The van der Waals surface area contributed by atoms with Crippen molar-refractivity contribution < 1.29 is 41.8 Å². The molecule has 1 unspecified atom stereocenters. The van der Waals surface area contributed by atoms with Crippen molar-refractivity contribution in [1.82, 2.24) is 21.3 Å². The van der Waals surface area contributed by atoms with Gasteiger partial charge in [-0.25, -0.2) is 4.79 Å². The quantitative estimate of drug-likeness (QED) is 0.300. The van der Waals surface area contributed by atoms with Gasteiger partial charge in [0.05, 0.1) is 0 Å². The van der Waals surface area contributed by atoms with Gasteiger partial charge in [0.2, 0.25) is 17.7 Å². The number of amides is 4. The number of benzene rings is 3. The van der Waals surface area contributed by atoms with Gasteiger partial charge in [-0.05, 0) is 74.6 Å². The van der Waals surface area contributed by atoms with Crippen LogP contribution in [-0.4, -0.2) is 60.3 Å². The number of halogens is 3. The molecule has 0 saturated heterocycles. The van der Waals surface area contributed by atoms with Gasteiger partial charge in [0.15, 0.2) is 0 Å². The van der Waals surface area contributed by atoms with E-state index in [9.17, 15) is 32.3 Å². The van der Waals surface area contributed by atoms with Gasteiger partial charge in [0, 0.05) is 12.8 Å². The number of aryl methyl sites for hydroxylation is 1. The molecule has 0 saturated carbocycles. The van der Waals surface area contributed by atoms with Crippen LogP contribution in [0.25, 0.3) is 0 Å². The zero-order chi connectivity index (χ0) is 34.9. The lowest BCUT2D eigenvalue weighted by atomic mass is 10.0. The highest BCUT2D eigenvalue weighted by Crippen LogP contribution is 2.25. The largest absolute Gasteiger partial charge is 0.457 e. The molecule has 3 aromatic carbocycles. The van der Waals surface area contributed by atoms with Crippen molar-refractivity contribution in [3.63, 3.8) is 0 Å². The van der Waals surface area contributed by atoms with Crippen LogP contribution in [0.3, 0.4) is 0 Å². The summed E-state index contributed by atoms with van der Waals surface area (Å²) >= 11 is 0. The predicted molar refractivity (Wildman–Crippen MR) is 171 cm³/mol. The zero-order valence-corrected chi connectivity index (χ0v) is 26.9. The van der Waals surface area contributed by atoms with Gasteiger partial charge in [-0.2, -0.15) is 13.2 Å². The molecule has 4 amide bonds. The Labute approximate surface area is 276 Å². The number of rotatable bonds is 6. The maximum Gasteiger partial charge on any atom is 0.408 e. The van der Waals surface area contributed by atoms with E-state index in [2.05, 4.69) is 16.0 Å². The summed E-state index contributed by atoms with van der Waals surface area (Å²) in [6.07, 6.45) is -5.28. The first kappa shape index (κ1) is 35.8. The fourth-order valence-electron chi connectivity index (χ4n) is 5.03. The van der Waals surface area contributed by atoms with E-state index in [4.69, 9.17) is 9.47 Å². The minimum Gasteiger partial charge on any atom is -0.457 e. The van der Waals surface area contributed by atoms with Gasteiger partial charge in [-0.15, -0.1) is 0 Å². The van der Waals surface area contributed by atoms with Gasteiger partial charge in [0.1, 0.15) is 41.8 Å². The first-order valence-electron chi connectivity index (χ1n) is 15.5. The predicted octanol–water partition coefficient (Wildman–Crippen LogP) is 4.75. The monoisotopic (exact) mass is 668 g/mol. The Morgan fingerprint density at radius 3 is 2.08 bits per heavy atom. The summed E-state index contributed by atoms with van der Waals surface area (Å²) in [4.78, 5) is 53.5. The van der Waals surface area contributed by atoms with Crippen LogP contribution < -0.4 is 26.0 Å². The van der Waals surface area contributed by atoms with E-state index in [0.717, 1.165) is 5.56 Å². The van der Waals surface area contributed by atoms with Crippen molar-refractivity contribution in [3.05, 3.63) is 95.6 Å². The second-order valence-corrected chi connectivity index (χ2v) is 12.5. The molecular weight excluding hydrogens is 629 g/mol. The SMILES string of the molecule is CC(C)(C)OC(=O)N[C@H]1Cc2cccc(c2)Oc2cccc(c2)CC(C(=O)NCC(F)(F)F)NC(=O)[C@H](CCc2ccccc2)NC1=O. The molecule has 10 nitrogen and oxygen atoms in total. The first-order valence-corrected chi connectivity index (χ1v) is 15.5. The molecule has 4 N–H and O–H groups in total. The molecule has 0 radical (unpaired) electrons. The van der Waals surface area contributed by atoms with Crippen LogP contribution in [0.1, 0.15) is 43.9 Å². The minimum atomic E-state index is -4.68. The number of hydrogen-bond donors (Lipinski definition) is 4. The van der Waals surface area contributed by atoms with Crippen molar-refractivity contribution in [1.29, 1.82) is 0 Å². The number of ether oxygens (including phenoxy) is 2. The molecule has 0 spiro atoms. The molecule has 1 heterocycles. The van der Waals surface area contributed by atoms with E-state index in [1.807, 2.05) is 35.6 Å². The Balaban J connectivity index is 1.72. The highest BCUT2D eigenvalue weighted by Gasteiger charge is 2.33. The maximum absolute atomic E-state index is 13.8. The van der Waals surface area contributed by atoms with Crippen LogP contribution in [0.15, 0.2) is 78.9 Å². The zero-order valence-electron chi connectivity index (χ0n) is 26.9. The third-order valence-electron chi connectivity index (χ3n) is 7.21. The number of carbonyl (C=O) groups is 4. The van der Waals surface area contributed by atoms with E-state index in [-0.39, 0.29) is 19.3 Å². The molecule has 4 bridgehead atoms. The lowest BCUT2D eigenvalue weighted by molar-refractivity contribution is -0.141. The van der Waals surface area contributed by atoms with Crippen molar-refractivity contribution in [2.45, 2.75) is 76.4 Å². The average Bonchev–Trinajstić information content (AvgIpc) is 3.00. The first-order chi connectivity index (χ1) is 22.6. The summed E-state index contributed by atoms with van der Waals surface area (Å²) in [5.74, 6) is -1.76. The topological polar surface area (TPSA) is 135 Å².